The smallest absolute Gasteiger partial charge is 0.235 e. The number of hydrazine groups is 1. The van der Waals surface area contributed by atoms with Crippen LogP contribution in [0.5, 0.6) is 0 Å². The number of amides is 1. The first-order chi connectivity index (χ1) is 4.68. The average Bonchev–Trinajstić information content (AvgIpc) is 2.13. The topological polar surface area (TPSA) is 32.3 Å². The third kappa shape index (κ3) is 2.37. The van der Waals surface area contributed by atoms with E-state index in [0.29, 0.717) is 0 Å². The number of thioether (sulfide) groups is 1. The van der Waals surface area contributed by atoms with Gasteiger partial charge in [0.2, 0.25) is 5.91 Å². The van der Waals surface area contributed by atoms with Crippen LogP contribution in [0.3, 0.4) is 0 Å². The summed E-state index contributed by atoms with van der Waals surface area (Å²) < 4.78 is 1.20. The number of rotatable bonds is 1. The van der Waals surface area contributed by atoms with E-state index in [9.17, 15) is 4.79 Å². The highest BCUT2D eigenvalue weighted by molar-refractivity contribution is 14.1. The molecule has 0 bridgehead atoms. The quantitative estimate of drug-likeness (QED) is 0.728. The lowest BCUT2D eigenvalue weighted by Crippen LogP contribution is -2.34. The van der Waals surface area contributed by atoms with Crippen molar-refractivity contribution >= 4 is 40.3 Å². The SMILES string of the molecule is CC(=O)NN1C=C(I)SC1. The standard InChI is InChI=1S/C5H7IN2OS/c1-4(9)7-8-2-5(6)10-3-8/h2H,3H2,1H3,(H,7,9). The van der Waals surface area contributed by atoms with Gasteiger partial charge >= 0.3 is 0 Å². The van der Waals surface area contributed by atoms with Gasteiger partial charge < -0.3 is 0 Å². The minimum absolute atomic E-state index is 0.0250. The molecule has 1 amide bonds. The summed E-state index contributed by atoms with van der Waals surface area (Å²) >= 11 is 3.93. The lowest BCUT2D eigenvalue weighted by molar-refractivity contribution is -0.122. The molecule has 5 heteroatoms. The zero-order chi connectivity index (χ0) is 7.56. The molecule has 0 aromatic rings. The maximum atomic E-state index is 10.5. The fourth-order valence-corrected chi connectivity index (χ4v) is 1.95. The fraction of sp³-hybridized carbons (Fsp3) is 0.400. The molecule has 0 aromatic heterocycles. The van der Waals surface area contributed by atoms with Crippen molar-refractivity contribution in [3.63, 3.8) is 0 Å². The maximum Gasteiger partial charge on any atom is 0.235 e. The molecule has 0 atom stereocenters. The normalized spacial score (nSPS) is 17.0. The Hall–Kier alpha value is 0.0900. The fourth-order valence-electron chi connectivity index (χ4n) is 0.595. The summed E-state index contributed by atoms with van der Waals surface area (Å²) in [6.07, 6.45) is 1.91. The molecular formula is C5H7IN2OS. The molecule has 1 heterocycles. The summed E-state index contributed by atoms with van der Waals surface area (Å²) in [6, 6.07) is 0. The van der Waals surface area contributed by atoms with Crippen molar-refractivity contribution in [3.05, 3.63) is 9.11 Å². The minimum atomic E-state index is -0.0250. The zero-order valence-electron chi connectivity index (χ0n) is 5.43. The lowest BCUT2D eigenvalue weighted by atomic mass is 10.7. The highest BCUT2D eigenvalue weighted by Crippen LogP contribution is 2.29. The molecule has 1 N–H and O–H groups in total. The van der Waals surface area contributed by atoms with E-state index in [1.54, 1.807) is 16.8 Å². The van der Waals surface area contributed by atoms with Gasteiger partial charge in [-0.25, -0.2) is 0 Å². The third-order valence-electron chi connectivity index (χ3n) is 0.900. The molecule has 0 saturated heterocycles. The Morgan fingerprint density at radius 1 is 2.00 bits per heavy atom. The van der Waals surface area contributed by atoms with Crippen molar-refractivity contribution in [3.8, 4) is 0 Å². The maximum absolute atomic E-state index is 10.5. The van der Waals surface area contributed by atoms with Gasteiger partial charge in [-0.1, -0.05) is 11.8 Å². The second-order valence-electron chi connectivity index (χ2n) is 1.84. The van der Waals surface area contributed by atoms with Gasteiger partial charge in [-0.2, -0.15) is 0 Å². The van der Waals surface area contributed by atoms with E-state index in [-0.39, 0.29) is 5.91 Å². The van der Waals surface area contributed by atoms with Crippen LogP contribution < -0.4 is 5.43 Å². The second-order valence-corrected chi connectivity index (χ2v) is 4.73. The summed E-state index contributed by atoms with van der Waals surface area (Å²) in [7, 11) is 0. The molecule has 0 fully saturated rings. The van der Waals surface area contributed by atoms with Crippen molar-refractivity contribution in [1.29, 1.82) is 0 Å². The van der Waals surface area contributed by atoms with E-state index in [0.717, 1.165) is 5.88 Å². The first-order valence-corrected chi connectivity index (χ1v) is 4.79. The summed E-state index contributed by atoms with van der Waals surface area (Å²) in [5, 5.41) is 1.77. The van der Waals surface area contributed by atoms with Gasteiger partial charge in [0.25, 0.3) is 0 Å². The van der Waals surface area contributed by atoms with Crippen molar-refractivity contribution in [2.75, 3.05) is 5.88 Å². The summed E-state index contributed by atoms with van der Waals surface area (Å²) in [6.45, 7) is 1.50. The van der Waals surface area contributed by atoms with Gasteiger partial charge in [0, 0.05) is 13.1 Å². The molecule has 0 unspecified atom stereocenters. The number of carbonyl (C=O) groups excluding carboxylic acids is 1. The predicted octanol–water partition coefficient (Wildman–Crippen LogP) is 1.28. The summed E-state index contributed by atoms with van der Waals surface area (Å²) in [5.41, 5.74) is 2.66. The molecule has 0 radical (unpaired) electrons. The molecular weight excluding hydrogens is 263 g/mol. The number of carbonyl (C=O) groups is 1. The number of hydrogen-bond acceptors (Lipinski definition) is 3. The number of nitrogens with zero attached hydrogens (tertiary/aromatic N) is 1. The molecule has 56 valence electrons. The van der Waals surface area contributed by atoms with Crippen LogP contribution >= 0.6 is 34.4 Å². The van der Waals surface area contributed by atoms with Crippen LogP contribution in [0.25, 0.3) is 0 Å². The lowest BCUT2D eigenvalue weighted by Gasteiger charge is -2.13. The van der Waals surface area contributed by atoms with E-state index in [4.69, 9.17) is 0 Å². The Balaban J connectivity index is 2.38. The molecule has 0 aromatic carbocycles. The van der Waals surface area contributed by atoms with Gasteiger partial charge in [-0.3, -0.25) is 15.2 Å². The van der Waals surface area contributed by atoms with Gasteiger partial charge in [0.1, 0.15) is 0 Å². The van der Waals surface area contributed by atoms with E-state index < -0.39 is 0 Å². The van der Waals surface area contributed by atoms with Crippen LogP contribution in [0.15, 0.2) is 9.11 Å². The Morgan fingerprint density at radius 2 is 2.70 bits per heavy atom. The molecule has 1 aliphatic rings. The van der Waals surface area contributed by atoms with E-state index in [1.165, 1.54) is 9.84 Å². The van der Waals surface area contributed by atoms with Crippen molar-refractivity contribution in [2.45, 2.75) is 6.92 Å². The van der Waals surface area contributed by atoms with Gasteiger partial charge in [-0.15, -0.1) is 0 Å². The number of halogens is 1. The highest BCUT2D eigenvalue weighted by atomic mass is 127. The molecule has 0 aliphatic carbocycles. The first kappa shape index (κ1) is 8.19. The molecule has 10 heavy (non-hydrogen) atoms. The molecule has 3 nitrogen and oxygen atoms in total. The number of nitrogens with one attached hydrogen (secondary N) is 1. The zero-order valence-corrected chi connectivity index (χ0v) is 8.40. The Kier molecular flexibility index (Phi) is 2.84. The van der Waals surface area contributed by atoms with Crippen LogP contribution in [-0.4, -0.2) is 16.8 Å². The largest absolute Gasteiger partial charge is 0.281 e. The van der Waals surface area contributed by atoms with E-state index in [2.05, 4.69) is 28.0 Å². The van der Waals surface area contributed by atoms with Gasteiger partial charge in [0.05, 0.1) is 8.79 Å². The van der Waals surface area contributed by atoms with Gasteiger partial charge in [-0.05, 0) is 22.6 Å². The van der Waals surface area contributed by atoms with Crippen molar-refractivity contribution < 1.29 is 4.79 Å². The number of hydrogen-bond donors (Lipinski definition) is 1. The van der Waals surface area contributed by atoms with E-state index >= 15 is 0 Å². The third-order valence-corrected chi connectivity index (χ3v) is 2.90. The molecule has 1 rings (SSSR count). The molecule has 0 saturated carbocycles. The Labute approximate surface area is 77.3 Å². The molecule has 0 spiro atoms. The second kappa shape index (κ2) is 3.47. The van der Waals surface area contributed by atoms with Crippen LogP contribution in [-0.2, 0) is 4.79 Å². The minimum Gasteiger partial charge on any atom is -0.281 e. The predicted molar refractivity (Wildman–Crippen MR) is 50.2 cm³/mol. The molecule has 1 aliphatic heterocycles. The monoisotopic (exact) mass is 270 g/mol. The van der Waals surface area contributed by atoms with Gasteiger partial charge in [0.15, 0.2) is 0 Å². The highest BCUT2D eigenvalue weighted by Gasteiger charge is 2.10. The Morgan fingerprint density at radius 3 is 3.10 bits per heavy atom. The summed E-state index contributed by atoms with van der Waals surface area (Å²) in [4.78, 5) is 10.5. The van der Waals surface area contributed by atoms with Crippen LogP contribution in [0.1, 0.15) is 6.92 Å². The summed E-state index contributed by atoms with van der Waals surface area (Å²) in [5.74, 6) is 0.792. The van der Waals surface area contributed by atoms with Crippen LogP contribution in [0.2, 0.25) is 0 Å². The van der Waals surface area contributed by atoms with E-state index in [1.807, 2.05) is 6.20 Å². The first-order valence-electron chi connectivity index (χ1n) is 2.72. The van der Waals surface area contributed by atoms with Crippen LogP contribution in [0, 0.1) is 0 Å². The Bertz CT molecular complexity index is 182. The van der Waals surface area contributed by atoms with Crippen LogP contribution in [0.4, 0.5) is 0 Å². The average molecular weight is 270 g/mol. The van der Waals surface area contributed by atoms with Crippen molar-refractivity contribution in [1.82, 2.24) is 10.4 Å². The van der Waals surface area contributed by atoms with Crippen molar-refractivity contribution in [2.24, 2.45) is 0 Å².